The second-order valence-electron chi connectivity index (χ2n) is 5.91. The summed E-state index contributed by atoms with van der Waals surface area (Å²) in [6, 6.07) is -0.464. The molecule has 120 valence electrons. The maximum absolute atomic E-state index is 9.87. The lowest BCUT2D eigenvalue weighted by Gasteiger charge is -2.43. The number of aliphatic hydroxyl groups is 4. The Morgan fingerprint density at radius 3 is 2.10 bits per heavy atom. The van der Waals surface area contributed by atoms with Crippen molar-refractivity contribution in [2.75, 3.05) is 19.7 Å². The molecule has 0 saturated carbocycles. The summed E-state index contributed by atoms with van der Waals surface area (Å²) in [6.45, 7) is 3.08. The van der Waals surface area contributed by atoms with Crippen molar-refractivity contribution < 1.29 is 20.4 Å². The Labute approximate surface area is 122 Å². The molecular formula is C15H31NO4. The molecule has 0 bridgehead atoms. The maximum Gasteiger partial charge on any atom is 0.109 e. The molecule has 4 N–H and O–H groups in total. The summed E-state index contributed by atoms with van der Waals surface area (Å²) < 4.78 is 0. The molecule has 0 aromatic carbocycles. The van der Waals surface area contributed by atoms with Gasteiger partial charge in [0.25, 0.3) is 0 Å². The van der Waals surface area contributed by atoms with Gasteiger partial charge in [-0.05, 0) is 13.0 Å². The van der Waals surface area contributed by atoms with E-state index in [1.807, 2.05) is 4.90 Å². The number of β-amino-alcohol motifs (C(OH)–C–C–N with tert-alkyl or cyclic N) is 1. The van der Waals surface area contributed by atoms with Crippen molar-refractivity contribution in [1.29, 1.82) is 0 Å². The fourth-order valence-corrected chi connectivity index (χ4v) is 2.91. The van der Waals surface area contributed by atoms with Gasteiger partial charge in [0.15, 0.2) is 0 Å². The lowest BCUT2D eigenvalue weighted by atomic mass is 9.94. The van der Waals surface area contributed by atoms with Crippen molar-refractivity contribution in [3.8, 4) is 0 Å². The zero-order valence-corrected chi connectivity index (χ0v) is 12.6. The Morgan fingerprint density at radius 1 is 0.900 bits per heavy atom. The van der Waals surface area contributed by atoms with Crippen molar-refractivity contribution >= 4 is 0 Å². The minimum absolute atomic E-state index is 0.193. The summed E-state index contributed by atoms with van der Waals surface area (Å²) in [4.78, 5) is 1.90. The highest BCUT2D eigenvalue weighted by molar-refractivity contribution is 4.93. The fraction of sp³-hybridized carbons (Fsp3) is 1.00. The molecule has 0 amide bonds. The summed E-state index contributed by atoms with van der Waals surface area (Å²) in [5.74, 6) is 0. The highest BCUT2D eigenvalue weighted by Crippen LogP contribution is 2.19. The van der Waals surface area contributed by atoms with Crippen LogP contribution in [0.15, 0.2) is 0 Å². The molecule has 0 aromatic heterocycles. The monoisotopic (exact) mass is 289 g/mol. The Hall–Kier alpha value is -0.200. The second-order valence-corrected chi connectivity index (χ2v) is 5.91. The molecule has 0 radical (unpaired) electrons. The van der Waals surface area contributed by atoms with Gasteiger partial charge in [-0.3, -0.25) is 4.90 Å². The van der Waals surface area contributed by atoms with Gasteiger partial charge in [0.2, 0.25) is 0 Å². The smallest absolute Gasteiger partial charge is 0.109 e. The van der Waals surface area contributed by atoms with Crippen LogP contribution in [0.25, 0.3) is 0 Å². The van der Waals surface area contributed by atoms with E-state index in [-0.39, 0.29) is 6.61 Å². The Morgan fingerprint density at radius 2 is 1.50 bits per heavy atom. The van der Waals surface area contributed by atoms with Crippen LogP contribution in [-0.4, -0.2) is 69.4 Å². The molecule has 1 saturated heterocycles. The molecule has 0 unspecified atom stereocenters. The zero-order valence-electron chi connectivity index (χ0n) is 12.6. The SMILES string of the molecule is CCCCCCCCCN1C[C@H](O)[C@H](O)[C@@H](O)[C@H]1CO. The number of hydrogen-bond acceptors (Lipinski definition) is 5. The van der Waals surface area contributed by atoms with Crippen LogP contribution in [0.4, 0.5) is 0 Å². The molecule has 1 aliphatic heterocycles. The number of piperidine rings is 1. The van der Waals surface area contributed by atoms with Gasteiger partial charge in [0.05, 0.1) is 18.8 Å². The van der Waals surface area contributed by atoms with Crippen LogP contribution in [0.1, 0.15) is 51.9 Å². The van der Waals surface area contributed by atoms with Crippen LogP contribution in [0, 0.1) is 0 Å². The molecule has 0 aliphatic carbocycles. The standard InChI is InChI=1S/C15H31NO4/c1-2-3-4-5-6-7-8-9-16-10-13(18)15(20)14(19)12(16)11-17/h12-15,17-20H,2-11H2,1H3/t12-,13+,14+,15+/m1/s1. The summed E-state index contributed by atoms with van der Waals surface area (Å²) in [6.07, 6.45) is 5.29. The summed E-state index contributed by atoms with van der Waals surface area (Å²) in [7, 11) is 0. The van der Waals surface area contributed by atoms with Crippen LogP contribution >= 0.6 is 0 Å². The van der Waals surface area contributed by atoms with Crippen LogP contribution in [0.5, 0.6) is 0 Å². The van der Waals surface area contributed by atoms with E-state index in [1.54, 1.807) is 0 Å². The van der Waals surface area contributed by atoms with Crippen LogP contribution in [0.2, 0.25) is 0 Å². The minimum atomic E-state index is -1.16. The number of unbranched alkanes of at least 4 members (excludes halogenated alkanes) is 6. The van der Waals surface area contributed by atoms with Gasteiger partial charge in [-0.1, -0.05) is 45.4 Å². The van der Waals surface area contributed by atoms with Gasteiger partial charge in [-0.2, -0.15) is 0 Å². The van der Waals surface area contributed by atoms with Crippen molar-refractivity contribution in [3.63, 3.8) is 0 Å². The van der Waals surface area contributed by atoms with Crippen molar-refractivity contribution in [3.05, 3.63) is 0 Å². The maximum atomic E-state index is 9.87. The third-order valence-corrected chi connectivity index (χ3v) is 4.26. The predicted molar refractivity (Wildman–Crippen MR) is 78.5 cm³/mol. The summed E-state index contributed by atoms with van der Waals surface area (Å²) in [5.41, 5.74) is 0. The average Bonchev–Trinajstić information content (AvgIpc) is 2.44. The van der Waals surface area contributed by atoms with E-state index in [0.717, 1.165) is 19.4 Å². The molecule has 1 heterocycles. The average molecular weight is 289 g/mol. The first-order chi connectivity index (χ1) is 9.61. The number of aliphatic hydroxyl groups excluding tert-OH is 4. The van der Waals surface area contributed by atoms with E-state index in [4.69, 9.17) is 0 Å². The first kappa shape index (κ1) is 17.9. The van der Waals surface area contributed by atoms with Gasteiger partial charge < -0.3 is 20.4 Å². The molecule has 0 aromatic rings. The Balaban J connectivity index is 2.24. The van der Waals surface area contributed by atoms with Gasteiger partial charge in [-0.15, -0.1) is 0 Å². The van der Waals surface area contributed by atoms with Crippen LogP contribution in [-0.2, 0) is 0 Å². The number of rotatable bonds is 9. The fourth-order valence-electron chi connectivity index (χ4n) is 2.91. The molecule has 20 heavy (non-hydrogen) atoms. The number of nitrogens with zero attached hydrogens (tertiary/aromatic N) is 1. The van der Waals surface area contributed by atoms with E-state index >= 15 is 0 Å². The Kier molecular flexibility index (Phi) is 8.64. The van der Waals surface area contributed by atoms with Crippen molar-refractivity contribution in [2.45, 2.75) is 76.2 Å². The molecular weight excluding hydrogens is 258 g/mol. The summed E-state index contributed by atoms with van der Waals surface area (Å²) >= 11 is 0. The first-order valence-electron chi connectivity index (χ1n) is 8.01. The van der Waals surface area contributed by atoms with E-state index in [1.165, 1.54) is 32.1 Å². The topological polar surface area (TPSA) is 84.2 Å². The first-order valence-corrected chi connectivity index (χ1v) is 8.01. The third kappa shape index (κ3) is 5.30. The van der Waals surface area contributed by atoms with E-state index in [2.05, 4.69) is 6.92 Å². The quantitative estimate of drug-likeness (QED) is 0.465. The van der Waals surface area contributed by atoms with Gasteiger partial charge in [0, 0.05) is 6.54 Å². The molecule has 1 aliphatic rings. The lowest BCUT2D eigenvalue weighted by molar-refractivity contribution is -0.145. The van der Waals surface area contributed by atoms with Gasteiger partial charge in [0.1, 0.15) is 12.2 Å². The molecule has 1 fully saturated rings. The van der Waals surface area contributed by atoms with Gasteiger partial charge >= 0.3 is 0 Å². The van der Waals surface area contributed by atoms with E-state index < -0.39 is 24.4 Å². The number of likely N-dealkylation sites (tertiary alicyclic amines) is 1. The zero-order chi connectivity index (χ0) is 15.0. The lowest BCUT2D eigenvalue weighted by Crippen LogP contribution is -2.62. The third-order valence-electron chi connectivity index (χ3n) is 4.26. The van der Waals surface area contributed by atoms with Crippen molar-refractivity contribution in [1.82, 2.24) is 4.90 Å². The Bertz CT molecular complexity index is 252. The van der Waals surface area contributed by atoms with Crippen LogP contribution in [0.3, 0.4) is 0 Å². The molecule has 5 nitrogen and oxygen atoms in total. The highest BCUT2D eigenvalue weighted by atomic mass is 16.4. The normalized spacial score (nSPS) is 31.6. The minimum Gasteiger partial charge on any atom is -0.395 e. The molecule has 5 heteroatoms. The van der Waals surface area contributed by atoms with E-state index in [9.17, 15) is 20.4 Å². The second kappa shape index (κ2) is 9.68. The molecule has 4 atom stereocenters. The van der Waals surface area contributed by atoms with Gasteiger partial charge in [-0.25, -0.2) is 0 Å². The summed E-state index contributed by atoms with van der Waals surface area (Å²) in [5, 5.41) is 38.5. The highest BCUT2D eigenvalue weighted by Gasteiger charge is 2.40. The molecule has 0 spiro atoms. The number of hydrogen-bond donors (Lipinski definition) is 4. The van der Waals surface area contributed by atoms with E-state index in [0.29, 0.717) is 6.54 Å². The predicted octanol–water partition coefficient (Wildman–Crippen LogP) is 0.496. The van der Waals surface area contributed by atoms with Crippen LogP contribution < -0.4 is 0 Å². The largest absolute Gasteiger partial charge is 0.395 e. The van der Waals surface area contributed by atoms with Crippen molar-refractivity contribution in [2.24, 2.45) is 0 Å². The molecule has 1 rings (SSSR count).